The Morgan fingerprint density at radius 1 is 1.35 bits per heavy atom. The van der Waals surface area contributed by atoms with Crippen LogP contribution >= 0.6 is 0 Å². The fourth-order valence-electron chi connectivity index (χ4n) is 2.36. The van der Waals surface area contributed by atoms with Crippen molar-refractivity contribution in [3.63, 3.8) is 0 Å². The normalized spacial score (nSPS) is 13.1. The van der Waals surface area contributed by atoms with Crippen LogP contribution in [0.2, 0.25) is 0 Å². The lowest BCUT2D eigenvalue weighted by atomic mass is 10.1. The van der Waals surface area contributed by atoms with Gasteiger partial charge in [0.25, 0.3) is 0 Å². The predicted octanol–water partition coefficient (Wildman–Crippen LogP) is 2.92. The molecule has 0 aromatic carbocycles. The average Bonchev–Trinajstić information content (AvgIpc) is 2.75. The van der Waals surface area contributed by atoms with Crippen LogP contribution in [0.5, 0.6) is 0 Å². The highest BCUT2D eigenvalue weighted by molar-refractivity contribution is 6.02. The molecule has 1 heterocycles. The number of aliphatic imine (C=N–C) groups is 2. The number of rotatable bonds is 12. The second-order valence-electron chi connectivity index (χ2n) is 6.68. The third-order valence-electron chi connectivity index (χ3n) is 4.18. The van der Waals surface area contributed by atoms with Crippen molar-refractivity contribution in [2.45, 2.75) is 33.7 Å². The average molecular weight is 427 g/mol. The van der Waals surface area contributed by atoms with Gasteiger partial charge in [-0.25, -0.2) is 4.99 Å². The molecule has 8 heteroatoms. The van der Waals surface area contributed by atoms with Gasteiger partial charge in [-0.3, -0.25) is 14.5 Å². The van der Waals surface area contributed by atoms with Gasteiger partial charge < -0.3 is 9.75 Å². The van der Waals surface area contributed by atoms with Gasteiger partial charge in [0.05, 0.1) is 13.2 Å². The summed E-state index contributed by atoms with van der Waals surface area (Å²) in [7, 11) is 3.60. The van der Waals surface area contributed by atoms with Gasteiger partial charge >= 0.3 is 0 Å². The smallest absolute Gasteiger partial charge is 0.203 e. The first-order valence-corrected chi connectivity index (χ1v) is 10.3. The quantitative estimate of drug-likeness (QED) is 0.169. The molecule has 1 aromatic heterocycles. The summed E-state index contributed by atoms with van der Waals surface area (Å²) in [5.74, 6) is 0.637. The largest absolute Gasteiger partial charge is 0.376 e. The number of allylic oxidation sites excluding steroid dienone is 4. The molecule has 0 spiro atoms. The van der Waals surface area contributed by atoms with Crippen LogP contribution in [-0.4, -0.2) is 66.9 Å². The first kappa shape index (κ1) is 25.9. The summed E-state index contributed by atoms with van der Waals surface area (Å²) < 4.78 is 6.93. The van der Waals surface area contributed by atoms with E-state index in [9.17, 15) is 4.79 Å². The van der Waals surface area contributed by atoms with Crippen LogP contribution in [0.25, 0.3) is 0 Å². The van der Waals surface area contributed by atoms with Crippen LogP contribution in [0.1, 0.15) is 26.5 Å². The fourth-order valence-corrected chi connectivity index (χ4v) is 2.36. The maximum absolute atomic E-state index is 12.2. The lowest BCUT2D eigenvalue weighted by Gasteiger charge is -2.09. The van der Waals surface area contributed by atoms with E-state index >= 15 is 0 Å². The molecule has 0 amide bonds. The number of hydrogen-bond donors (Lipinski definition) is 0. The lowest BCUT2D eigenvalue weighted by Crippen LogP contribution is -2.18. The second-order valence-corrected chi connectivity index (χ2v) is 6.68. The van der Waals surface area contributed by atoms with Crippen molar-refractivity contribution in [3.8, 4) is 0 Å². The SMILES string of the molecule is C=C(/C=C\C=C(/C)C(N=CCOCC)=NC)Cc1nn(C/C=N\N(C)CC)ccc1=O. The lowest BCUT2D eigenvalue weighted by molar-refractivity contribution is 0.190. The van der Waals surface area contributed by atoms with Crippen LogP contribution in [0, 0.1) is 0 Å². The summed E-state index contributed by atoms with van der Waals surface area (Å²) in [6, 6.07) is 1.52. The number of nitrogens with zero attached hydrogens (tertiary/aromatic N) is 6. The van der Waals surface area contributed by atoms with Gasteiger partial charge in [-0.15, -0.1) is 0 Å². The highest BCUT2D eigenvalue weighted by atomic mass is 16.5. The van der Waals surface area contributed by atoms with Crippen LogP contribution in [-0.2, 0) is 17.7 Å². The van der Waals surface area contributed by atoms with Gasteiger partial charge in [0.15, 0.2) is 0 Å². The minimum atomic E-state index is -0.107. The fraction of sp³-hybridized carbons (Fsp3) is 0.435. The Bertz CT molecular complexity index is 909. The number of hydrazone groups is 1. The first-order valence-electron chi connectivity index (χ1n) is 10.3. The van der Waals surface area contributed by atoms with Crippen LogP contribution < -0.4 is 5.43 Å². The maximum atomic E-state index is 12.2. The molecule has 0 aliphatic heterocycles. The van der Waals surface area contributed by atoms with Crippen LogP contribution in [0.15, 0.2) is 68.1 Å². The molecule has 0 aliphatic rings. The molecule has 0 saturated carbocycles. The molecule has 31 heavy (non-hydrogen) atoms. The second kappa shape index (κ2) is 14.8. The Kier molecular flexibility index (Phi) is 12.4. The Balaban J connectivity index is 2.74. The molecule has 8 nitrogen and oxygen atoms in total. The maximum Gasteiger partial charge on any atom is 0.203 e. The predicted molar refractivity (Wildman–Crippen MR) is 129 cm³/mol. The molecule has 0 radical (unpaired) electrons. The van der Waals surface area contributed by atoms with E-state index in [1.54, 1.807) is 30.4 Å². The van der Waals surface area contributed by atoms with Crippen molar-refractivity contribution in [2.75, 3.05) is 33.9 Å². The van der Waals surface area contributed by atoms with E-state index in [1.807, 2.05) is 51.1 Å². The number of aromatic nitrogens is 2. The van der Waals surface area contributed by atoms with Crippen molar-refractivity contribution < 1.29 is 4.74 Å². The van der Waals surface area contributed by atoms with Gasteiger partial charge in [-0.1, -0.05) is 24.8 Å². The van der Waals surface area contributed by atoms with E-state index in [1.165, 1.54) is 6.07 Å². The highest BCUT2D eigenvalue weighted by Gasteiger charge is 2.03. The minimum Gasteiger partial charge on any atom is -0.376 e. The number of ether oxygens (including phenoxy) is 1. The topological polar surface area (TPSA) is 84.4 Å². The summed E-state index contributed by atoms with van der Waals surface area (Å²) in [6.45, 7) is 12.3. The van der Waals surface area contributed by atoms with E-state index in [0.717, 1.165) is 17.7 Å². The van der Waals surface area contributed by atoms with Crippen molar-refractivity contribution in [1.29, 1.82) is 0 Å². The molecule has 0 atom stereocenters. The number of amidine groups is 1. The molecule has 0 bridgehead atoms. The van der Waals surface area contributed by atoms with E-state index in [4.69, 9.17) is 4.74 Å². The molecule has 0 aliphatic carbocycles. The zero-order chi connectivity index (χ0) is 23.1. The van der Waals surface area contributed by atoms with Crippen LogP contribution in [0.3, 0.4) is 0 Å². The Morgan fingerprint density at radius 3 is 2.81 bits per heavy atom. The zero-order valence-corrected chi connectivity index (χ0v) is 19.3. The highest BCUT2D eigenvalue weighted by Crippen LogP contribution is 2.04. The molecule has 0 N–H and O–H groups in total. The van der Waals surface area contributed by atoms with E-state index < -0.39 is 0 Å². The van der Waals surface area contributed by atoms with Gasteiger partial charge in [0, 0.05) is 58.4 Å². The van der Waals surface area contributed by atoms with Gasteiger partial charge in [-0.05, 0) is 31.9 Å². The summed E-state index contributed by atoms with van der Waals surface area (Å²) in [5, 5.41) is 10.5. The van der Waals surface area contributed by atoms with Gasteiger partial charge in [0.2, 0.25) is 5.43 Å². The van der Waals surface area contributed by atoms with E-state index in [0.29, 0.717) is 37.7 Å². The molecule has 0 unspecified atom stereocenters. The number of hydrogen-bond acceptors (Lipinski definition) is 6. The summed E-state index contributed by atoms with van der Waals surface area (Å²) in [5.41, 5.74) is 2.03. The van der Waals surface area contributed by atoms with Gasteiger partial charge in [-0.2, -0.15) is 10.2 Å². The summed E-state index contributed by atoms with van der Waals surface area (Å²) >= 11 is 0. The molecule has 1 aromatic rings. The monoisotopic (exact) mass is 426 g/mol. The van der Waals surface area contributed by atoms with Gasteiger partial charge in [0.1, 0.15) is 11.5 Å². The first-order chi connectivity index (χ1) is 14.9. The zero-order valence-electron chi connectivity index (χ0n) is 19.3. The van der Waals surface area contributed by atoms with Crippen LogP contribution in [0.4, 0.5) is 0 Å². The standard InChI is InChI=1S/C23H34N6O2/c1-7-28(6)26-13-16-29-15-12-22(30)21(27-29)18-19(3)10-9-11-20(4)23(24-5)25-14-17-31-8-2/h9-15H,3,7-8,16-18H2,1-2,4-6H3/b10-9-,20-11+,24-23?,25-14?,26-13-. The summed E-state index contributed by atoms with van der Waals surface area (Å²) in [4.78, 5) is 20.7. The third kappa shape index (κ3) is 10.5. The third-order valence-corrected chi connectivity index (χ3v) is 4.18. The molecular formula is C23H34N6O2. The molecular weight excluding hydrogens is 392 g/mol. The Morgan fingerprint density at radius 2 is 2.13 bits per heavy atom. The van der Waals surface area contributed by atoms with E-state index in [-0.39, 0.29) is 5.43 Å². The van der Waals surface area contributed by atoms with Crippen molar-refractivity contribution in [2.24, 2.45) is 15.1 Å². The van der Waals surface area contributed by atoms with Crippen molar-refractivity contribution >= 4 is 18.3 Å². The molecule has 168 valence electrons. The molecule has 0 fully saturated rings. The Hall–Kier alpha value is -3.13. The molecule has 0 saturated heterocycles. The van der Waals surface area contributed by atoms with Crippen molar-refractivity contribution in [1.82, 2.24) is 14.8 Å². The van der Waals surface area contributed by atoms with Crippen molar-refractivity contribution in [3.05, 3.63) is 64.1 Å². The molecule has 1 rings (SSSR count). The Labute approximate surface area is 185 Å². The van der Waals surface area contributed by atoms with E-state index in [2.05, 4.69) is 26.8 Å². The summed E-state index contributed by atoms with van der Waals surface area (Å²) in [6.07, 6.45) is 11.1. The minimum absolute atomic E-state index is 0.107.